The lowest BCUT2D eigenvalue weighted by Gasteiger charge is -2.43. The molecule has 0 amide bonds. The molecule has 3 heteroatoms. The molecule has 1 N–H and O–H groups in total. The van der Waals surface area contributed by atoms with E-state index in [1.807, 2.05) is 6.92 Å². The number of halogens is 1. The molecule has 2 unspecified atom stereocenters. The second-order valence-electron chi connectivity index (χ2n) is 5.51. The van der Waals surface area contributed by atoms with Crippen molar-refractivity contribution in [1.82, 2.24) is 4.90 Å². The molecular weight excluding hydrogens is 254 g/mol. The minimum Gasteiger partial charge on any atom is -0.393 e. The average molecular weight is 276 g/mol. The van der Waals surface area contributed by atoms with Gasteiger partial charge in [-0.2, -0.15) is 0 Å². The zero-order valence-electron chi connectivity index (χ0n) is 9.58. The van der Waals surface area contributed by atoms with E-state index < -0.39 is 0 Å². The molecule has 15 heavy (non-hydrogen) atoms. The smallest absolute Gasteiger partial charge is 0.0552 e. The Morgan fingerprint density at radius 1 is 1.53 bits per heavy atom. The molecule has 0 radical (unpaired) electrons. The fraction of sp³-hybridized carbons (Fsp3) is 1.00. The zero-order valence-corrected chi connectivity index (χ0v) is 11.2. The summed E-state index contributed by atoms with van der Waals surface area (Å²) in [6.07, 6.45) is 5.22. The van der Waals surface area contributed by atoms with Gasteiger partial charge in [0.2, 0.25) is 0 Å². The number of aliphatic hydroxyl groups is 1. The summed E-state index contributed by atoms with van der Waals surface area (Å²) in [5, 5.41) is 10.7. The highest BCUT2D eigenvalue weighted by Gasteiger charge is 2.39. The Bertz CT molecular complexity index is 210. The third-order valence-corrected chi connectivity index (χ3v) is 5.44. The van der Waals surface area contributed by atoms with Crippen LogP contribution in [0.4, 0.5) is 0 Å². The fourth-order valence-electron chi connectivity index (χ4n) is 2.89. The first kappa shape index (κ1) is 11.9. The van der Waals surface area contributed by atoms with E-state index in [0.29, 0.717) is 11.3 Å². The van der Waals surface area contributed by atoms with Gasteiger partial charge in [0.25, 0.3) is 0 Å². The van der Waals surface area contributed by atoms with E-state index in [1.165, 1.54) is 38.8 Å². The van der Waals surface area contributed by atoms with Crippen molar-refractivity contribution >= 4 is 15.9 Å². The van der Waals surface area contributed by atoms with Crippen LogP contribution in [0.1, 0.15) is 32.6 Å². The summed E-state index contributed by atoms with van der Waals surface area (Å²) in [4.78, 5) is 2.55. The van der Waals surface area contributed by atoms with Gasteiger partial charge in [-0.25, -0.2) is 0 Å². The van der Waals surface area contributed by atoms with Crippen LogP contribution in [-0.2, 0) is 0 Å². The Morgan fingerprint density at radius 2 is 2.27 bits per heavy atom. The first-order chi connectivity index (χ1) is 7.15. The van der Waals surface area contributed by atoms with Crippen LogP contribution >= 0.6 is 15.9 Å². The van der Waals surface area contributed by atoms with Crippen molar-refractivity contribution in [3.8, 4) is 0 Å². The molecule has 88 valence electrons. The number of hydrogen-bond donors (Lipinski definition) is 1. The first-order valence-electron chi connectivity index (χ1n) is 6.12. The third-order valence-electron chi connectivity index (χ3n) is 4.25. The van der Waals surface area contributed by atoms with Crippen LogP contribution in [0.3, 0.4) is 0 Å². The highest BCUT2D eigenvalue weighted by molar-refractivity contribution is 9.09. The van der Waals surface area contributed by atoms with Crippen molar-refractivity contribution in [2.24, 2.45) is 11.3 Å². The summed E-state index contributed by atoms with van der Waals surface area (Å²) in [5.74, 6) is 0.512. The topological polar surface area (TPSA) is 23.5 Å². The molecule has 0 aromatic carbocycles. The fourth-order valence-corrected chi connectivity index (χ4v) is 3.62. The maximum Gasteiger partial charge on any atom is 0.0552 e. The summed E-state index contributed by atoms with van der Waals surface area (Å²) in [6.45, 7) is 5.45. The minimum atomic E-state index is -0.128. The molecule has 0 aromatic heterocycles. The van der Waals surface area contributed by atoms with Crippen molar-refractivity contribution in [2.75, 3.05) is 25.0 Å². The average Bonchev–Trinajstić information content (AvgIpc) is 2.59. The van der Waals surface area contributed by atoms with Gasteiger partial charge in [0, 0.05) is 18.4 Å². The van der Waals surface area contributed by atoms with E-state index in [2.05, 4.69) is 20.8 Å². The molecule has 2 atom stereocenters. The van der Waals surface area contributed by atoms with Crippen LogP contribution in [-0.4, -0.2) is 41.1 Å². The SMILES string of the molecule is CC(O)C1CCN(CC2(CBr)CCC2)C1. The molecule has 0 spiro atoms. The Labute approximate surface area is 101 Å². The van der Waals surface area contributed by atoms with Crippen LogP contribution in [0, 0.1) is 11.3 Å². The lowest BCUT2D eigenvalue weighted by Crippen LogP contribution is -2.43. The van der Waals surface area contributed by atoms with Gasteiger partial charge < -0.3 is 10.0 Å². The van der Waals surface area contributed by atoms with Gasteiger partial charge in [-0.1, -0.05) is 22.4 Å². The number of likely N-dealkylation sites (tertiary alicyclic amines) is 1. The standard InChI is InChI=1S/C12H22BrNO/c1-10(15)11-3-6-14(7-11)9-12(8-13)4-2-5-12/h10-11,15H,2-9H2,1H3. The quantitative estimate of drug-likeness (QED) is 0.796. The van der Waals surface area contributed by atoms with E-state index >= 15 is 0 Å². The summed E-state index contributed by atoms with van der Waals surface area (Å²) >= 11 is 3.66. The Hall–Kier alpha value is 0.400. The molecule has 0 aromatic rings. The number of nitrogens with zero attached hydrogens (tertiary/aromatic N) is 1. The van der Waals surface area contributed by atoms with Gasteiger partial charge in [-0.15, -0.1) is 0 Å². The first-order valence-corrected chi connectivity index (χ1v) is 7.24. The molecule has 2 aliphatic rings. The molecule has 0 bridgehead atoms. The van der Waals surface area contributed by atoms with Gasteiger partial charge in [0.1, 0.15) is 0 Å². The second kappa shape index (κ2) is 4.72. The normalized spacial score (nSPS) is 32.6. The van der Waals surface area contributed by atoms with Crippen LogP contribution in [0.15, 0.2) is 0 Å². The Morgan fingerprint density at radius 3 is 2.67 bits per heavy atom. The monoisotopic (exact) mass is 275 g/mol. The van der Waals surface area contributed by atoms with Crippen molar-refractivity contribution in [3.63, 3.8) is 0 Å². The number of aliphatic hydroxyl groups excluding tert-OH is 1. The van der Waals surface area contributed by atoms with E-state index in [-0.39, 0.29) is 6.10 Å². The minimum absolute atomic E-state index is 0.128. The van der Waals surface area contributed by atoms with Crippen LogP contribution in [0.5, 0.6) is 0 Å². The van der Waals surface area contributed by atoms with Gasteiger partial charge in [-0.3, -0.25) is 0 Å². The van der Waals surface area contributed by atoms with E-state index in [4.69, 9.17) is 0 Å². The van der Waals surface area contributed by atoms with Crippen molar-refractivity contribution in [1.29, 1.82) is 0 Å². The highest BCUT2D eigenvalue weighted by atomic mass is 79.9. The van der Waals surface area contributed by atoms with Gasteiger partial charge in [0.15, 0.2) is 0 Å². The molecular formula is C12H22BrNO. The molecule has 2 fully saturated rings. The number of alkyl halides is 1. The van der Waals surface area contributed by atoms with Crippen LogP contribution < -0.4 is 0 Å². The van der Waals surface area contributed by atoms with Gasteiger partial charge in [-0.05, 0) is 44.1 Å². The lowest BCUT2D eigenvalue weighted by molar-refractivity contribution is 0.0894. The molecule has 1 saturated heterocycles. The maximum atomic E-state index is 9.56. The van der Waals surface area contributed by atoms with Crippen LogP contribution in [0.25, 0.3) is 0 Å². The molecule has 1 heterocycles. The third kappa shape index (κ3) is 2.56. The van der Waals surface area contributed by atoms with Crippen LogP contribution in [0.2, 0.25) is 0 Å². The van der Waals surface area contributed by atoms with Crippen molar-refractivity contribution < 1.29 is 5.11 Å². The van der Waals surface area contributed by atoms with Crippen molar-refractivity contribution in [3.05, 3.63) is 0 Å². The van der Waals surface area contributed by atoms with E-state index in [0.717, 1.165) is 11.9 Å². The Balaban J connectivity index is 1.81. The maximum absolute atomic E-state index is 9.56. The molecule has 2 nitrogen and oxygen atoms in total. The predicted molar refractivity (Wildman–Crippen MR) is 66.3 cm³/mol. The summed E-state index contributed by atoms with van der Waals surface area (Å²) < 4.78 is 0. The lowest BCUT2D eigenvalue weighted by atomic mass is 9.70. The number of rotatable bonds is 4. The molecule has 1 aliphatic carbocycles. The van der Waals surface area contributed by atoms with E-state index in [1.54, 1.807) is 0 Å². The largest absolute Gasteiger partial charge is 0.393 e. The van der Waals surface area contributed by atoms with Crippen molar-refractivity contribution in [2.45, 2.75) is 38.7 Å². The predicted octanol–water partition coefficient (Wildman–Crippen LogP) is 2.25. The Kier molecular flexibility index (Phi) is 3.74. The molecule has 1 saturated carbocycles. The zero-order chi connectivity index (χ0) is 10.9. The summed E-state index contributed by atoms with van der Waals surface area (Å²) in [5.41, 5.74) is 0.563. The van der Waals surface area contributed by atoms with Gasteiger partial charge >= 0.3 is 0 Å². The second-order valence-corrected chi connectivity index (χ2v) is 6.07. The number of hydrogen-bond acceptors (Lipinski definition) is 2. The molecule has 2 rings (SSSR count). The molecule has 1 aliphatic heterocycles. The highest BCUT2D eigenvalue weighted by Crippen LogP contribution is 2.43. The van der Waals surface area contributed by atoms with Gasteiger partial charge in [0.05, 0.1) is 6.10 Å². The van der Waals surface area contributed by atoms with E-state index in [9.17, 15) is 5.11 Å². The summed E-state index contributed by atoms with van der Waals surface area (Å²) in [6, 6.07) is 0. The summed E-state index contributed by atoms with van der Waals surface area (Å²) in [7, 11) is 0.